The van der Waals surface area contributed by atoms with E-state index in [1.165, 1.54) is 10.4 Å². The molecule has 0 radical (unpaired) electrons. The van der Waals surface area contributed by atoms with E-state index in [9.17, 15) is 9.59 Å². The number of hydrogen-bond donors (Lipinski definition) is 1. The SMILES string of the molecule is Cc1ccsc1CN(C)[C@H](C)C(=O)N1CC(=O)Nc2ccccc21. The average molecular weight is 343 g/mol. The van der Waals surface area contributed by atoms with Crippen LogP contribution in [-0.2, 0) is 16.1 Å². The second-order valence-electron chi connectivity index (χ2n) is 6.11. The monoisotopic (exact) mass is 343 g/mol. The molecule has 1 aromatic heterocycles. The molecule has 3 rings (SSSR count). The Morgan fingerprint density at radius 1 is 1.38 bits per heavy atom. The van der Waals surface area contributed by atoms with Gasteiger partial charge >= 0.3 is 0 Å². The van der Waals surface area contributed by atoms with Crippen LogP contribution >= 0.6 is 11.3 Å². The van der Waals surface area contributed by atoms with Gasteiger partial charge in [-0.15, -0.1) is 11.3 Å². The van der Waals surface area contributed by atoms with Crippen LogP contribution in [0.3, 0.4) is 0 Å². The normalized spacial score (nSPS) is 15.2. The molecule has 0 saturated carbocycles. The summed E-state index contributed by atoms with van der Waals surface area (Å²) < 4.78 is 0. The highest BCUT2D eigenvalue weighted by Gasteiger charge is 2.31. The Hall–Kier alpha value is -2.18. The summed E-state index contributed by atoms with van der Waals surface area (Å²) in [7, 11) is 1.94. The third-order valence-electron chi connectivity index (χ3n) is 4.42. The van der Waals surface area contributed by atoms with E-state index >= 15 is 0 Å². The minimum absolute atomic E-state index is 0.0611. The summed E-state index contributed by atoms with van der Waals surface area (Å²) in [6, 6.07) is 9.18. The van der Waals surface area contributed by atoms with E-state index in [4.69, 9.17) is 0 Å². The molecule has 0 bridgehead atoms. The quantitative estimate of drug-likeness (QED) is 0.929. The first-order valence-corrected chi connectivity index (χ1v) is 8.79. The lowest BCUT2D eigenvalue weighted by molar-refractivity contribution is -0.125. The highest BCUT2D eigenvalue weighted by Crippen LogP contribution is 2.30. The minimum atomic E-state index is -0.314. The van der Waals surface area contributed by atoms with Crippen LogP contribution in [0.4, 0.5) is 11.4 Å². The van der Waals surface area contributed by atoms with E-state index in [1.54, 1.807) is 16.2 Å². The van der Waals surface area contributed by atoms with E-state index in [-0.39, 0.29) is 24.4 Å². The maximum Gasteiger partial charge on any atom is 0.244 e. The van der Waals surface area contributed by atoms with Gasteiger partial charge in [0, 0.05) is 11.4 Å². The third-order valence-corrected chi connectivity index (χ3v) is 5.42. The topological polar surface area (TPSA) is 52.7 Å². The Labute approximate surface area is 145 Å². The third kappa shape index (κ3) is 3.20. The molecule has 0 spiro atoms. The molecule has 2 aromatic rings. The van der Waals surface area contributed by atoms with Crippen LogP contribution in [0.1, 0.15) is 17.4 Å². The van der Waals surface area contributed by atoms with Crippen molar-refractivity contribution in [3.8, 4) is 0 Å². The number of nitrogens with zero attached hydrogens (tertiary/aromatic N) is 2. The first kappa shape index (κ1) is 16.7. The standard InChI is InChI=1S/C18H21N3O2S/c1-12-8-9-24-16(12)10-20(3)13(2)18(23)21-11-17(22)19-14-6-4-5-7-15(14)21/h4-9,13H,10-11H2,1-3H3,(H,19,22)/t13-/m1/s1. The summed E-state index contributed by atoms with van der Waals surface area (Å²) in [6.45, 7) is 4.75. The predicted octanol–water partition coefficient (Wildman–Crippen LogP) is 2.86. The van der Waals surface area contributed by atoms with Gasteiger partial charge in [-0.05, 0) is 50.0 Å². The number of anilines is 2. The van der Waals surface area contributed by atoms with Crippen molar-refractivity contribution in [3.63, 3.8) is 0 Å². The maximum absolute atomic E-state index is 13.0. The largest absolute Gasteiger partial charge is 0.323 e. The maximum atomic E-state index is 13.0. The van der Waals surface area contributed by atoms with Gasteiger partial charge in [0.2, 0.25) is 11.8 Å². The zero-order valence-corrected chi connectivity index (χ0v) is 14.9. The molecular weight excluding hydrogens is 322 g/mol. The highest BCUT2D eigenvalue weighted by molar-refractivity contribution is 7.10. The number of fused-ring (bicyclic) bond motifs is 1. The van der Waals surface area contributed by atoms with Gasteiger partial charge in [0.25, 0.3) is 0 Å². The van der Waals surface area contributed by atoms with Crippen molar-refractivity contribution in [2.75, 3.05) is 23.8 Å². The van der Waals surface area contributed by atoms with Gasteiger partial charge in [-0.3, -0.25) is 19.4 Å². The summed E-state index contributed by atoms with van der Waals surface area (Å²) in [4.78, 5) is 29.7. The van der Waals surface area contributed by atoms with E-state index in [0.29, 0.717) is 5.69 Å². The number of amides is 2. The smallest absolute Gasteiger partial charge is 0.244 e. The van der Waals surface area contributed by atoms with Crippen LogP contribution < -0.4 is 10.2 Å². The molecule has 2 heterocycles. The molecule has 0 aliphatic carbocycles. The van der Waals surface area contributed by atoms with E-state index in [0.717, 1.165) is 12.2 Å². The van der Waals surface area contributed by atoms with Gasteiger partial charge in [-0.2, -0.15) is 0 Å². The van der Waals surface area contributed by atoms with Gasteiger partial charge in [0.1, 0.15) is 6.54 Å². The lowest BCUT2D eigenvalue weighted by Crippen LogP contribution is -2.50. The van der Waals surface area contributed by atoms with Crippen LogP contribution in [0.25, 0.3) is 0 Å². The molecule has 1 aliphatic heterocycles. The van der Waals surface area contributed by atoms with Gasteiger partial charge in [0.15, 0.2) is 0 Å². The Morgan fingerprint density at radius 2 is 2.12 bits per heavy atom. The molecule has 2 amide bonds. The summed E-state index contributed by atoms with van der Waals surface area (Å²) in [5.74, 6) is -0.222. The van der Waals surface area contributed by atoms with Crippen molar-refractivity contribution < 1.29 is 9.59 Å². The number of aryl methyl sites for hydroxylation is 1. The van der Waals surface area contributed by atoms with Crippen molar-refractivity contribution in [2.24, 2.45) is 0 Å². The fourth-order valence-electron chi connectivity index (χ4n) is 2.77. The molecular formula is C18H21N3O2S. The Balaban J connectivity index is 1.78. The Morgan fingerprint density at radius 3 is 2.83 bits per heavy atom. The lowest BCUT2D eigenvalue weighted by atomic mass is 10.1. The van der Waals surface area contributed by atoms with Gasteiger partial charge in [-0.1, -0.05) is 12.1 Å². The van der Waals surface area contributed by atoms with Crippen LogP contribution in [0.2, 0.25) is 0 Å². The zero-order valence-electron chi connectivity index (χ0n) is 14.1. The Kier molecular flexibility index (Phi) is 4.69. The number of rotatable bonds is 4. The molecule has 5 nitrogen and oxygen atoms in total. The van der Waals surface area contributed by atoms with E-state index in [2.05, 4.69) is 23.7 Å². The number of carbonyl (C=O) groups is 2. The molecule has 1 aliphatic rings. The molecule has 1 aromatic carbocycles. The molecule has 6 heteroatoms. The Bertz CT molecular complexity index is 771. The fourth-order valence-corrected chi connectivity index (χ4v) is 3.74. The fraction of sp³-hybridized carbons (Fsp3) is 0.333. The van der Waals surface area contributed by atoms with Crippen LogP contribution in [0.5, 0.6) is 0 Å². The van der Waals surface area contributed by atoms with Crippen molar-refractivity contribution in [1.82, 2.24) is 4.90 Å². The molecule has 0 saturated heterocycles. The number of thiophene rings is 1. The highest BCUT2D eigenvalue weighted by atomic mass is 32.1. The zero-order chi connectivity index (χ0) is 17.3. The number of nitrogens with one attached hydrogen (secondary N) is 1. The molecule has 0 fully saturated rings. The molecule has 24 heavy (non-hydrogen) atoms. The second kappa shape index (κ2) is 6.75. The summed E-state index contributed by atoms with van der Waals surface area (Å²) in [6.07, 6.45) is 0. The van der Waals surface area contributed by atoms with Crippen molar-refractivity contribution in [3.05, 3.63) is 46.2 Å². The molecule has 126 valence electrons. The molecule has 1 N–H and O–H groups in total. The summed E-state index contributed by atoms with van der Waals surface area (Å²) in [5, 5.41) is 4.88. The van der Waals surface area contributed by atoms with Crippen LogP contribution in [0.15, 0.2) is 35.7 Å². The minimum Gasteiger partial charge on any atom is -0.323 e. The van der Waals surface area contributed by atoms with Crippen LogP contribution in [-0.4, -0.2) is 36.3 Å². The predicted molar refractivity (Wildman–Crippen MR) is 97.4 cm³/mol. The summed E-state index contributed by atoms with van der Waals surface area (Å²) in [5.41, 5.74) is 2.69. The number of carbonyl (C=O) groups excluding carboxylic acids is 2. The first-order valence-electron chi connectivity index (χ1n) is 7.91. The van der Waals surface area contributed by atoms with Gasteiger partial charge in [0.05, 0.1) is 17.4 Å². The number of likely N-dealkylation sites (N-methyl/N-ethyl adjacent to an activating group) is 1. The number of para-hydroxylation sites is 2. The van der Waals surface area contributed by atoms with Crippen LogP contribution in [0, 0.1) is 6.92 Å². The average Bonchev–Trinajstić information content (AvgIpc) is 2.97. The second-order valence-corrected chi connectivity index (χ2v) is 7.11. The lowest BCUT2D eigenvalue weighted by Gasteiger charge is -2.33. The van der Waals surface area contributed by atoms with Crippen molar-refractivity contribution >= 4 is 34.5 Å². The number of benzene rings is 1. The van der Waals surface area contributed by atoms with E-state index < -0.39 is 0 Å². The molecule has 1 atom stereocenters. The van der Waals surface area contributed by atoms with E-state index in [1.807, 2.05) is 43.1 Å². The van der Waals surface area contributed by atoms with Gasteiger partial charge in [-0.25, -0.2) is 0 Å². The number of hydrogen-bond acceptors (Lipinski definition) is 4. The van der Waals surface area contributed by atoms with Gasteiger partial charge < -0.3 is 5.32 Å². The van der Waals surface area contributed by atoms with Crippen molar-refractivity contribution in [1.29, 1.82) is 0 Å². The molecule has 0 unspecified atom stereocenters. The first-order chi connectivity index (χ1) is 11.5. The summed E-state index contributed by atoms with van der Waals surface area (Å²) >= 11 is 1.70. The van der Waals surface area contributed by atoms with Crippen molar-refractivity contribution in [2.45, 2.75) is 26.4 Å².